The Morgan fingerprint density at radius 2 is 0.321 bits per heavy atom. The fourth-order valence-corrected chi connectivity index (χ4v) is 11.5. The van der Waals surface area contributed by atoms with E-state index in [-0.39, 0.29) is 36.6 Å². The van der Waals surface area contributed by atoms with Gasteiger partial charge < -0.3 is 14.2 Å². The molecule has 0 spiro atoms. The van der Waals surface area contributed by atoms with Crippen molar-refractivity contribution in [3.8, 4) is 0 Å². The molecule has 0 aliphatic heterocycles. The van der Waals surface area contributed by atoms with Gasteiger partial charge in [-0.2, -0.15) is 0 Å². The molecular weight excluding hydrogens is 985 g/mol. The zero-order valence-electron chi connectivity index (χ0n) is 48.2. The average Bonchev–Trinajstić information content (AvgIpc) is 3.54. The van der Waals surface area contributed by atoms with Crippen molar-refractivity contribution < 1.29 is 14.2 Å². The molecule has 0 amide bonds. The molecule has 0 N–H and O–H groups in total. The molecule has 6 unspecified atom stereocenters. The van der Waals surface area contributed by atoms with Crippen molar-refractivity contribution in [2.75, 3.05) is 0 Å². The van der Waals surface area contributed by atoms with Gasteiger partial charge in [0, 0.05) is 0 Å². The number of hydrogen-bond donors (Lipinski definition) is 0. The molecule has 0 aliphatic rings. The van der Waals surface area contributed by atoms with E-state index in [9.17, 15) is 0 Å². The van der Waals surface area contributed by atoms with Crippen LogP contribution in [-0.4, -0.2) is 0 Å². The summed E-state index contributed by atoms with van der Waals surface area (Å²) in [7, 11) is 0. The van der Waals surface area contributed by atoms with Gasteiger partial charge in [0.1, 0.15) is 0 Å². The molecule has 3 nitrogen and oxygen atoms in total. The van der Waals surface area contributed by atoms with Crippen molar-refractivity contribution >= 4 is 64.6 Å². The van der Waals surface area contributed by atoms with E-state index in [0.29, 0.717) is 0 Å². The van der Waals surface area contributed by atoms with Crippen molar-refractivity contribution in [2.24, 2.45) is 0 Å². The minimum Gasteiger partial charge on any atom is -0.366 e. The van der Waals surface area contributed by atoms with E-state index in [4.69, 9.17) is 14.2 Å². The van der Waals surface area contributed by atoms with Crippen LogP contribution in [-0.2, 0) is 14.2 Å². The number of ether oxygens (including phenoxy) is 3. The molecular formula is C78H78O3. The number of benzene rings is 12. The molecule has 0 bridgehead atoms. The molecule has 0 radical (unpaired) electrons. The largest absolute Gasteiger partial charge is 0.366 e. The Morgan fingerprint density at radius 3 is 0.457 bits per heavy atom. The lowest BCUT2D eigenvalue weighted by atomic mass is 9.99. The molecule has 0 saturated heterocycles. The van der Waals surface area contributed by atoms with Crippen molar-refractivity contribution in [2.45, 2.75) is 117 Å². The molecule has 12 aromatic carbocycles. The van der Waals surface area contributed by atoms with Gasteiger partial charge in [0.05, 0.1) is 36.6 Å². The maximum atomic E-state index is 6.62. The first-order chi connectivity index (χ1) is 39.8. The highest BCUT2D eigenvalue weighted by molar-refractivity contribution is 5.87. The predicted molar refractivity (Wildman–Crippen MR) is 345 cm³/mol. The monoisotopic (exact) mass is 1060 g/mol. The Bertz CT molecular complexity index is 3300. The van der Waals surface area contributed by atoms with Crippen molar-refractivity contribution in [3.63, 3.8) is 0 Å². The average molecular weight is 1060 g/mol. The summed E-state index contributed by atoms with van der Waals surface area (Å²) in [6.07, 6.45) is 6.38. The first kappa shape index (κ1) is 56.4. The SMILES string of the molecule is CCC(OC(CC)c1ccc2ccccc2c1)c1ccc2ccccc2c1.CCC(OC(CC)c1ccc2ccccc2c1)c1ccc2ccccc2c1.CCC(OC(CC)c1ccc2ccccc2c1)c1ccc2ccccc2c1. The highest BCUT2D eigenvalue weighted by Crippen LogP contribution is 2.37. The highest BCUT2D eigenvalue weighted by atomic mass is 16.5. The summed E-state index contributed by atoms with van der Waals surface area (Å²) in [4.78, 5) is 0. The van der Waals surface area contributed by atoms with Crippen molar-refractivity contribution in [1.29, 1.82) is 0 Å². The standard InChI is InChI=1S/3C26H26O/c3*1-3-25(23-15-13-19-9-5-7-11-21(19)17-23)27-26(4-2)24-16-14-20-10-6-8-12-22(20)18-24/h3*5-18,25-26H,3-4H2,1-2H3. The second-order valence-electron chi connectivity index (χ2n) is 21.4. The van der Waals surface area contributed by atoms with Crippen LogP contribution >= 0.6 is 0 Å². The second kappa shape index (κ2) is 27.5. The summed E-state index contributed by atoms with van der Waals surface area (Å²) in [6.45, 7) is 13.2. The van der Waals surface area contributed by atoms with E-state index < -0.39 is 0 Å². The molecule has 81 heavy (non-hydrogen) atoms. The molecule has 0 fully saturated rings. The summed E-state index contributed by atoms with van der Waals surface area (Å²) in [5.74, 6) is 0. The quantitative estimate of drug-likeness (QED) is 0.0857. The highest BCUT2D eigenvalue weighted by Gasteiger charge is 2.21. The van der Waals surface area contributed by atoms with E-state index in [2.05, 4.69) is 296 Å². The van der Waals surface area contributed by atoms with E-state index in [0.717, 1.165) is 38.5 Å². The van der Waals surface area contributed by atoms with Crippen molar-refractivity contribution in [3.05, 3.63) is 288 Å². The van der Waals surface area contributed by atoms with Crippen molar-refractivity contribution in [1.82, 2.24) is 0 Å². The molecule has 0 aliphatic carbocycles. The molecule has 0 saturated carbocycles. The van der Waals surface area contributed by atoms with Crippen LogP contribution in [0.25, 0.3) is 64.6 Å². The Balaban J connectivity index is 0.000000136. The molecule has 3 heteroatoms. The Kier molecular flexibility index (Phi) is 19.1. The molecule has 12 rings (SSSR count). The minimum absolute atomic E-state index is 0.103. The van der Waals surface area contributed by atoms with Gasteiger partial charge in [-0.3, -0.25) is 0 Å². The van der Waals surface area contributed by atoms with Gasteiger partial charge in [-0.1, -0.05) is 260 Å². The number of hydrogen-bond acceptors (Lipinski definition) is 3. The summed E-state index contributed by atoms with van der Waals surface area (Å²) >= 11 is 0. The Labute approximate surface area is 481 Å². The lowest BCUT2D eigenvalue weighted by Crippen LogP contribution is -2.09. The molecule has 6 atom stereocenters. The van der Waals surface area contributed by atoms with Crippen LogP contribution in [0, 0.1) is 0 Å². The van der Waals surface area contributed by atoms with Crippen LogP contribution in [0.15, 0.2) is 255 Å². The third kappa shape index (κ3) is 13.8. The summed E-state index contributed by atoms with van der Waals surface area (Å²) in [6, 6.07) is 91.2. The summed E-state index contributed by atoms with van der Waals surface area (Å²) < 4.78 is 19.9. The number of fused-ring (bicyclic) bond motifs is 6. The summed E-state index contributed by atoms with van der Waals surface area (Å²) in [5.41, 5.74) is 7.56. The van der Waals surface area contributed by atoms with Crippen LogP contribution in [0.3, 0.4) is 0 Å². The zero-order chi connectivity index (χ0) is 55.9. The van der Waals surface area contributed by atoms with Crippen LogP contribution in [0.4, 0.5) is 0 Å². The zero-order valence-corrected chi connectivity index (χ0v) is 48.2. The Hall–Kier alpha value is -7.92. The molecule has 0 aromatic heterocycles. The van der Waals surface area contributed by atoms with Gasteiger partial charge in [0.25, 0.3) is 0 Å². The number of rotatable bonds is 18. The lowest BCUT2D eigenvalue weighted by Gasteiger charge is -2.25. The maximum Gasteiger partial charge on any atom is 0.0830 e. The van der Waals surface area contributed by atoms with Crippen LogP contribution in [0.5, 0.6) is 0 Å². The third-order valence-electron chi connectivity index (χ3n) is 16.1. The molecule has 408 valence electrons. The van der Waals surface area contributed by atoms with Gasteiger partial charge in [-0.15, -0.1) is 0 Å². The maximum absolute atomic E-state index is 6.62. The van der Waals surface area contributed by atoms with E-state index in [1.807, 2.05) is 0 Å². The van der Waals surface area contributed by atoms with Gasteiger partial charge in [0.15, 0.2) is 0 Å². The Morgan fingerprint density at radius 1 is 0.185 bits per heavy atom. The predicted octanol–water partition coefficient (Wildman–Crippen LogP) is 22.8. The topological polar surface area (TPSA) is 27.7 Å². The third-order valence-corrected chi connectivity index (χ3v) is 16.1. The van der Waals surface area contributed by atoms with Gasteiger partial charge in [0.2, 0.25) is 0 Å². The van der Waals surface area contributed by atoms with Crippen LogP contribution in [0.1, 0.15) is 150 Å². The first-order valence-electron chi connectivity index (χ1n) is 29.7. The minimum atomic E-state index is 0.103. The summed E-state index contributed by atoms with van der Waals surface area (Å²) in [5, 5.41) is 15.3. The fourth-order valence-electron chi connectivity index (χ4n) is 11.5. The lowest BCUT2D eigenvalue weighted by molar-refractivity contribution is -0.0191. The normalized spacial score (nSPS) is 13.7. The van der Waals surface area contributed by atoms with Gasteiger partial charge in [-0.25, -0.2) is 0 Å². The van der Waals surface area contributed by atoms with E-state index in [1.54, 1.807) is 0 Å². The van der Waals surface area contributed by atoms with E-state index >= 15 is 0 Å². The second-order valence-corrected chi connectivity index (χ2v) is 21.4. The van der Waals surface area contributed by atoms with Crippen LogP contribution < -0.4 is 0 Å². The molecule has 0 heterocycles. The molecule has 12 aromatic rings. The first-order valence-corrected chi connectivity index (χ1v) is 29.7. The van der Waals surface area contributed by atoms with Gasteiger partial charge >= 0.3 is 0 Å². The van der Waals surface area contributed by atoms with Crippen LogP contribution in [0.2, 0.25) is 0 Å². The van der Waals surface area contributed by atoms with E-state index in [1.165, 1.54) is 98.0 Å². The fraction of sp³-hybridized carbons (Fsp3) is 0.231. The smallest absolute Gasteiger partial charge is 0.0830 e. The van der Waals surface area contributed by atoms with Gasteiger partial charge in [-0.05, 0) is 173 Å².